The third-order valence-electron chi connectivity index (χ3n) is 5.46. The molecular formula is C25H33Cl2N3O4S. The van der Waals surface area contributed by atoms with Gasteiger partial charge in [-0.2, -0.15) is 0 Å². The summed E-state index contributed by atoms with van der Waals surface area (Å²) in [5.41, 5.74) is 1.83. The van der Waals surface area contributed by atoms with Crippen LogP contribution in [0.15, 0.2) is 42.5 Å². The average molecular weight is 543 g/mol. The molecule has 1 atom stereocenters. The highest BCUT2D eigenvalue weighted by molar-refractivity contribution is 7.92. The Kier molecular flexibility index (Phi) is 10.4. The first-order valence-corrected chi connectivity index (χ1v) is 14.0. The summed E-state index contributed by atoms with van der Waals surface area (Å²) in [4.78, 5) is 28.1. The Bertz CT molecular complexity index is 1140. The summed E-state index contributed by atoms with van der Waals surface area (Å²) < 4.78 is 26.3. The summed E-state index contributed by atoms with van der Waals surface area (Å²) in [6, 6.07) is 11.0. The summed E-state index contributed by atoms with van der Waals surface area (Å²) in [5.74, 6) is -0.551. The van der Waals surface area contributed by atoms with Crippen molar-refractivity contribution >= 4 is 50.7 Å². The largest absolute Gasteiger partial charge is 0.354 e. The fraction of sp³-hybridized carbons (Fsp3) is 0.440. The normalized spacial score (nSPS) is 12.3. The van der Waals surface area contributed by atoms with E-state index in [2.05, 4.69) is 5.32 Å². The Balaban J connectivity index is 2.43. The zero-order valence-electron chi connectivity index (χ0n) is 20.7. The van der Waals surface area contributed by atoms with E-state index in [1.807, 2.05) is 20.8 Å². The monoisotopic (exact) mass is 541 g/mol. The first kappa shape index (κ1) is 28.9. The highest BCUT2D eigenvalue weighted by atomic mass is 35.5. The Labute approximate surface area is 218 Å². The maximum absolute atomic E-state index is 13.6. The number of amides is 2. The lowest BCUT2D eigenvalue weighted by Gasteiger charge is -2.33. The number of carbonyl (C=O) groups is 2. The van der Waals surface area contributed by atoms with E-state index >= 15 is 0 Å². The number of halogens is 2. The van der Waals surface area contributed by atoms with Gasteiger partial charge in [-0.25, -0.2) is 8.42 Å². The van der Waals surface area contributed by atoms with Crippen LogP contribution in [0.25, 0.3) is 0 Å². The first-order valence-electron chi connectivity index (χ1n) is 11.4. The molecule has 0 fully saturated rings. The zero-order chi connectivity index (χ0) is 26.3. The molecule has 0 radical (unpaired) electrons. The van der Waals surface area contributed by atoms with E-state index in [0.717, 1.165) is 21.7 Å². The van der Waals surface area contributed by atoms with E-state index < -0.39 is 28.5 Å². The minimum Gasteiger partial charge on any atom is -0.354 e. The van der Waals surface area contributed by atoms with E-state index in [0.29, 0.717) is 23.0 Å². The van der Waals surface area contributed by atoms with E-state index in [1.165, 1.54) is 11.0 Å². The van der Waals surface area contributed by atoms with Gasteiger partial charge in [-0.3, -0.25) is 13.9 Å². The predicted octanol–water partition coefficient (Wildman–Crippen LogP) is 4.65. The zero-order valence-corrected chi connectivity index (χ0v) is 23.0. The van der Waals surface area contributed by atoms with Gasteiger partial charge < -0.3 is 10.2 Å². The lowest BCUT2D eigenvalue weighted by Crippen LogP contribution is -2.52. The molecule has 0 heterocycles. The van der Waals surface area contributed by atoms with E-state index in [1.54, 1.807) is 43.3 Å². The molecule has 2 aromatic carbocycles. The number of rotatable bonds is 11. The van der Waals surface area contributed by atoms with Gasteiger partial charge >= 0.3 is 0 Å². The number of carbonyl (C=O) groups excluding carboxylic acids is 2. The molecule has 0 aliphatic rings. The molecule has 35 heavy (non-hydrogen) atoms. The smallest absolute Gasteiger partial charge is 0.244 e. The minimum absolute atomic E-state index is 0.121. The Morgan fingerprint density at radius 3 is 2.20 bits per heavy atom. The number of benzene rings is 2. The number of anilines is 1. The number of sulfonamides is 1. The summed E-state index contributed by atoms with van der Waals surface area (Å²) >= 11 is 12.2. The molecule has 192 valence electrons. The van der Waals surface area contributed by atoms with Gasteiger partial charge in [0.2, 0.25) is 21.8 Å². The standard InChI is InChI=1S/C25H33Cl2N3O4S/c1-6-23(25(32)28-14-17(2)3)29(15-19-8-10-20(26)11-9-19)24(31)16-30(35(5,33)34)21-12-7-18(4)22(27)13-21/h7-13,17,23H,6,14-16H2,1-5H3,(H,28,32)/t23-/m1/s1. The van der Waals surface area contributed by atoms with Gasteiger partial charge in [-0.15, -0.1) is 0 Å². The molecule has 0 unspecified atom stereocenters. The van der Waals surface area contributed by atoms with Gasteiger partial charge in [0, 0.05) is 23.1 Å². The molecule has 10 heteroatoms. The third-order valence-corrected chi connectivity index (χ3v) is 7.26. The fourth-order valence-corrected chi connectivity index (χ4v) is 4.62. The maximum Gasteiger partial charge on any atom is 0.244 e. The summed E-state index contributed by atoms with van der Waals surface area (Å²) in [7, 11) is -3.82. The van der Waals surface area contributed by atoms with Gasteiger partial charge in [0.25, 0.3) is 0 Å². The molecular weight excluding hydrogens is 509 g/mol. The summed E-state index contributed by atoms with van der Waals surface area (Å²) in [5, 5.41) is 3.83. The quantitative estimate of drug-likeness (QED) is 0.448. The van der Waals surface area contributed by atoms with Crippen LogP contribution in [-0.4, -0.2) is 50.5 Å². The van der Waals surface area contributed by atoms with Crippen LogP contribution in [0.5, 0.6) is 0 Å². The molecule has 7 nitrogen and oxygen atoms in total. The number of nitrogens with one attached hydrogen (secondary N) is 1. The Hall–Kier alpha value is -2.29. The van der Waals surface area contributed by atoms with Crippen molar-refractivity contribution in [1.29, 1.82) is 0 Å². The lowest BCUT2D eigenvalue weighted by atomic mass is 10.1. The second-order valence-electron chi connectivity index (χ2n) is 8.91. The molecule has 0 saturated carbocycles. The van der Waals surface area contributed by atoms with Crippen LogP contribution in [0.3, 0.4) is 0 Å². The number of hydrogen-bond acceptors (Lipinski definition) is 4. The molecule has 0 aromatic heterocycles. The van der Waals surface area contributed by atoms with E-state index in [-0.39, 0.29) is 24.1 Å². The molecule has 0 bridgehead atoms. The SMILES string of the molecule is CC[C@H](C(=O)NCC(C)C)N(Cc1ccc(Cl)cc1)C(=O)CN(c1ccc(C)c(Cl)c1)S(C)(=O)=O. The molecule has 0 aliphatic carbocycles. The van der Waals surface area contributed by atoms with Crippen molar-refractivity contribution < 1.29 is 18.0 Å². The van der Waals surface area contributed by atoms with Crippen LogP contribution in [0.2, 0.25) is 10.0 Å². The van der Waals surface area contributed by atoms with Crippen molar-refractivity contribution in [2.45, 2.75) is 46.7 Å². The molecule has 0 spiro atoms. The molecule has 1 N–H and O–H groups in total. The molecule has 2 rings (SSSR count). The topological polar surface area (TPSA) is 86.8 Å². The van der Waals surface area contributed by atoms with E-state index in [4.69, 9.17) is 23.2 Å². The van der Waals surface area contributed by atoms with Gasteiger partial charge in [0.05, 0.1) is 11.9 Å². The van der Waals surface area contributed by atoms with Gasteiger partial charge in [0.15, 0.2) is 0 Å². The van der Waals surface area contributed by atoms with Crippen LogP contribution < -0.4 is 9.62 Å². The van der Waals surface area contributed by atoms with Gasteiger partial charge in [-0.05, 0) is 54.7 Å². The van der Waals surface area contributed by atoms with Gasteiger partial charge in [0.1, 0.15) is 12.6 Å². The first-order chi connectivity index (χ1) is 16.3. The van der Waals surface area contributed by atoms with Crippen molar-refractivity contribution in [1.82, 2.24) is 10.2 Å². The minimum atomic E-state index is -3.82. The molecule has 2 aromatic rings. The van der Waals surface area contributed by atoms with Crippen molar-refractivity contribution in [2.24, 2.45) is 5.92 Å². The third kappa shape index (κ3) is 8.40. The Morgan fingerprint density at radius 1 is 1.06 bits per heavy atom. The van der Waals surface area contributed by atoms with E-state index in [9.17, 15) is 18.0 Å². The highest BCUT2D eigenvalue weighted by Gasteiger charge is 2.31. The maximum atomic E-state index is 13.6. The van der Waals surface area contributed by atoms with Crippen LogP contribution in [-0.2, 0) is 26.2 Å². The molecule has 2 amide bonds. The van der Waals surface area contributed by atoms with Gasteiger partial charge in [-0.1, -0.05) is 62.2 Å². The number of hydrogen-bond donors (Lipinski definition) is 1. The van der Waals surface area contributed by atoms with Crippen molar-refractivity contribution in [3.63, 3.8) is 0 Å². The van der Waals surface area contributed by atoms with Crippen LogP contribution in [0.4, 0.5) is 5.69 Å². The molecule has 0 saturated heterocycles. The summed E-state index contributed by atoms with van der Waals surface area (Å²) in [6.07, 6.45) is 1.39. The lowest BCUT2D eigenvalue weighted by molar-refractivity contribution is -0.140. The highest BCUT2D eigenvalue weighted by Crippen LogP contribution is 2.25. The van der Waals surface area contributed by atoms with Crippen molar-refractivity contribution in [3.8, 4) is 0 Å². The molecule has 0 aliphatic heterocycles. The van der Waals surface area contributed by atoms with Crippen LogP contribution in [0.1, 0.15) is 38.3 Å². The van der Waals surface area contributed by atoms with Crippen molar-refractivity contribution in [3.05, 3.63) is 63.6 Å². The predicted molar refractivity (Wildman–Crippen MR) is 142 cm³/mol. The number of aryl methyl sites for hydroxylation is 1. The second kappa shape index (κ2) is 12.6. The van der Waals surface area contributed by atoms with Crippen LogP contribution >= 0.6 is 23.2 Å². The fourth-order valence-electron chi connectivity index (χ4n) is 3.48. The van der Waals surface area contributed by atoms with Crippen LogP contribution in [0, 0.1) is 12.8 Å². The average Bonchev–Trinajstić information content (AvgIpc) is 2.78. The summed E-state index contributed by atoms with van der Waals surface area (Å²) in [6.45, 7) is 7.70. The second-order valence-corrected chi connectivity index (χ2v) is 11.7. The number of nitrogens with zero attached hydrogens (tertiary/aromatic N) is 2. The van der Waals surface area contributed by atoms with Crippen molar-refractivity contribution in [2.75, 3.05) is 23.7 Å². The Morgan fingerprint density at radius 2 is 1.69 bits per heavy atom.